The Morgan fingerprint density at radius 1 is 1.32 bits per heavy atom. The SMILES string of the molecule is Cc1nc2c(cc1C(=O)NC1CCCC(C)C1)c(C)nn2C. The fourth-order valence-corrected chi connectivity index (χ4v) is 3.49. The average molecular weight is 300 g/mol. The van der Waals surface area contributed by atoms with E-state index in [-0.39, 0.29) is 5.91 Å². The van der Waals surface area contributed by atoms with Crippen LogP contribution in [0.15, 0.2) is 6.07 Å². The second-order valence-electron chi connectivity index (χ2n) is 6.64. The Labute approximate surface area is 131 Å². The van der Waals surface area contributed by atoms with Crippen LogP contribution in [0.2, 0.25) is 0 Å². The Balaban J connectivity index is 1.87. The molecule has 2 heterocycles. The van der Waals surface area contributed by atoms with Crippen LogP contribution in [0.5, 0.6) is 0 Å². The number of nitrogens with zero attached hydrogens (tertiary/aromatic N) is 3. The number of carbonyl (C=O) groups is 1. The van der Waals surface area contributed by atoms with E-state index in [2.05, 4.69) is 22.3 Å². The van der Waals surface area contributed by atoms with Gasteiger partial charge in [0.1, 0.15) is 0 Å². The van der Waals surface area contributed by atoms with Gasteiger partial charge in [-0.05, 0) is 38.7 Å². The van der Waals surface area contributed by atoms with E-state index >= 15 is 0 Å². The fourth-order valence-electron chi connectivity index (χ4n) is 3.49. The maximum absolute atomic E-state index is 12.6. The standard InChI is InChI=1S/C17H24N4O/c1-10-6-5-7-13(8-10)19-17(22)15-9-14-12(3)20-21(4)16(14)18-11(15)2/h9-10,13H,5-8H2,1-4H3,(H,19,22). The minimum Gasteiger partial charge on any atom is -0.349 e. The minimum absolute atomic E-state index is 0.00532. The summed E-state index contributed by atoms with van der Waals surface area (Å²) in [5.74, 6) is 0.690. The van der Waals surface area contributed by atoms with Gasteiger partial charge in [0, 0.05) is 18.5 Å². The third-order valence-corrected chi connectivity index (χ3v) is 4.71. The predicted octanol–water partition coefficient (Wildman–Crippen LogP) is 2.89. The van der Waals surface area contributed by atoms with Crippen LogP contribution in [-0.2, 0) is 7.05 Å². The number of aromatic nitrogens is 3. The number of nitrogens with one attached hydrogen (secondary N) is 1. The Bertz CT molecular complexity index is 719. The average Bonchev–Trinajstić information content (AvgIpc) is 2.72. The minimum atomic E-state index is -0.00532. The van der Waals surface area contributed by atoms with Crippen LogP contribution in [-0.4, -0.2) is 26.7 Å². The topological polar surface area (TPSA) is 59.8 Å². The summed E-state index contributed by atoms with van der Waals surface area (Å²) in [7, 11) is 1.88. The molecule has 1 amide bonds. The van der Waals surface area contributed by atoms with Gasteiger partial charge in [0.05, 0.1) is 17.0 Å². The van der Waals surface area contributed by atoms with Gasteiger partial charge in [0.25, 0.3) is 5.91 Å². The van der Waals surface area contributed by atoms with Gasteiger partial charge in [0.15, 0.2) is 5.65 Å². The molecule has 1 aliphatic rings. The van der Waals surface area contributed by atoms with Crippen LogP contribution in [0.4, 0.5) is 0 Å². The molecule has 1 aliphatic carbocycles. The molecule has 3 rings (SSSR count). The van der Waals surface area contributed by atoms with Gasteiger partial charge in [-0.3, -0.25) is 9.48 Å². The molecular weight excluding hydrogens is 276 g/mol. The number of hydrogen-bond donors (Lipinski definition) is 1. The Morgan fingerprint density at radius 2 is 2.09 bits per heavy atom. The molecule has 2 unspecified atom stereocenters. The smallest absolute Gasteiger partial charge is 0.253 e. The van der Waals surface area contributed by atoms with Crippen molar-refractivity contribution in [1.82, 2.24) is 20.1 Å². The van der Waals surface area contributed by atoms with Crippen LogP contribution in [0, 0.1) is 19.8 Å². The first kappa shape index (κ1) is 15.0. The van der Waals surface area contributed by atoms with E-state index < -0.39 is 0 Å². The van der Waals surface area contributed by atoms with E-state index in [1.54, 1.807) is 4.68 Å². The van der Waals surface area contributed by atoms with Crippen molar-refractivity contribution in [2.75, 3.05) is 0 Å². The zero-order valence-corrected chi connectivity index (χ0v) is 13.8. The lowest BCUT2D eigenvalue weighted by Gasteiger charge is -2.27. The second kappa shape index (κ2) is 5.71. The normalized spacial score (nSPS) is 22.0. The highest BCUT2D eigenvalue weighted by atomic mass is 16.1. The molecule has 2 atom stereocenters. The molecule has 0 spiro atoms. The number of hydrogen-bond acceptors (Lipinski definition) is 3. The number of aryl methyl sites for hydroxylation is 3. The monoisotopic (exact) mass is 300 g/mol. The van der Waals surface area contributed by atoms with Crippen molar-refractivity contribution in [3.63, 3.8) is 0 Å². The first-order valence-electron chi connectivity index (χ1n) is 8.07. The van der Waals surface area contributed by atoms with Crippen molar-refractivity contribution >= 4 is 16.9 Å². The third-order valence-electron chi connectivity index (χ3n) is 4.71. The zero-order chi connectivity index (χ0) is 15.9. The maximum atomic E-state index is 12.6. The van der Waals surface area contributed by atoms with Gasteiger partial charge in [-0.1, -0.05) is 19.8 Å². The van der Waals surface area contributed by atoms with Crippen molar-refractivity contribution in [2.24, 2.45) is 13.0 Å². The van der Waals surface area contributed by atoms with Crippen molar-refractivity contribution in [3.8, 4) is 0 Å². The summed E-state index contributed by atoms with van der Waals surface area (Å²) in [6, 6.07) is 2.23. The van der Waals surface area contributed by atoms with E-state index in [0.29, 0.717) is 17.5 Å². The lowest BCUT2D eigenvalue weighted by atomic mass is 9.87. The molecule has 0 radical (unpaired) electrons. The molecule has 2 aromatic heterocycles. The molecule has 118 valence electrons. The molecule has 2 aromatic rings. The molecular formula is C17H24N4O. The molecule has 22 heavy (non-hydrogen) atoms. The molecule has 5 heteroatoms. The Kier molecular flexibility index (Phi) is 3.89. The largest absolute Gasteiger partial charge is 0.349 e. The fraction of sp³-hybridized carbons (Fsp3) is 0.588. The van der Waals surface area contributed by atoms with Crippen LogP contribution >= 0.6 is 0 Å². The van der Waals surface area contributed by atoms with Gasteiger partial charge in [-0.25, -0.2) is 4.98 Å². The molecule has 1 fully saturated rings. The number of amides is 1. The lowest BCUT2D eigenvalue weighted by Crippen LogP contribution is -2.38. The van der Waals surface area contributed by atoms with Crippen LogP contribution in [0.3, 0.4) is 0 Å². The zero-order valence-electron chi connectivity index (χ0n) is 13.8. The van der Waals surface area contributed by atoms with Crippen molar-refractivity contribution < 1.29 is 4.79 Å². The molecule has 1 saturated carbocycles. The van der Waals surface area contributed by atoms with Gasteiger partial charge >= 0.3 is 0 Å². The number of pyridine rings is 1. The lowest BCUT2D eigenvalue weighted by molar-refractivity contribution is 0.0920. The summed E-state index contributed by atoms with van der Waals surface area (Å²) in [5.41, 5.74) is 3.17. The van der Waals surface area contributed by atoms with Crippen LogP contribution < -0.4 is 5.32 Å². The third kappa shape index (κ3) is 2.72. The maximum Gasteiger partial charge on any atom is 0.253 e. The Morgan fingerprint density at radius 3 is 2.82 bits per heavy atom. The molecule has 0 aliphatic heterocycles. The number of rotatable bonds is 2. The van der Waals surface area contributed by atoms with E-state index in [9.17, 15) is 4.79 Å². The summed E-state index contributed by atoms with van der Waals surface area (Å²) < 4.78 is 1.77. The van der Waals surface area contributed by atoms with E-state index in [1.807, 2.05) is 27.0 Å². The molecule has 5 nitrogen and oxygen atoms in total. The Hall–Kier alpha value is -1.91. The highest BCUT2D eigenvalue weighted by Gasteiger charge is 2.22. The van der Waals surface area contributed by atoms with Crippen LogP contribution in [0.1, 0.15) is 54.4 Å². The van der Waals surface area contributed by atoms with Crippen molar-refractivity contribution in [3.05, 3.63) is 23.0 Å². The van der Waals surface area contributed by atoms with Gasteiger partial charge in [-0.2, -0.15) is 5.10 Å². The van der Waals surface area contributed by atoms with E-state index in [1.165, 1.54) is 12.8 Å². The molecule has 0 bridgehead atoms. The van der Waals surface area contributed by atoms with Crippen LogP contribution in [0.25, 0.3) is 11.0 Å². The molecule has 0 aromatic carbocycles. The van der Waals surface area contributed by atoms with E-state index in [4.69, 9.17) is 0 Å². The summed E-state index contributed by atoms with van der Waals surface area (Å²) in [5, 5.41) is 8.52. The summed E-state index contributed by atoms with van der Waals surface area (Å²) in [6.45, 7) is 6.10. The predicted molar refractivity (Wildman–Crippen MR) is 86.9 cm³/mol. The quantitative estimate of drug-likeness (QED) is 0.927. The van der Waals surface area contributed by atoms with Crippen molar-refractivity contribution in [1.29, 1.82) is 0 Å². The first-order valence-corrected chi connectivity index (χ1v) is 8.07. The number of fused-ring (bicyclic) bond motifs is 1. The molecule has 1 N–H and O–H groups in total. The second-order valence-corrected chi connectivity index (χ2v) is 6.64. The highest BCUT2D eigenvalue weighted by molar-refractivity contribution is 5.98. The first-order chi connectivity index (χ1) is 10.5. The van der Waals surface area contributed by atoms with Gasteiger partial charge in [0.2, 0.25) is 0 Å². The van der Waals surface area contributed by atoms with Crippen molar-refractivity contribution in [2.45, 2.75) is 52.5 Å². The van der Waals surface area contributed by atoms with Gasteiger partial charge in [-0.15, -0.1) is 0 Å². The summed E-state index contributed by atoms with van der Waals surface area (Å²) >= 11 is 0. The highest BCUT2D eigenvalue weighted by Crippen LogP contribution is 2.24. The summed E-state index contributed by atoms with van der Waals surface area (Å²) in [4.78, 5) is 17.2. The summed E-state index contributed by atoms with van der Waals surface area (Å²) in [6.07, 6.45) is 4.63. The van der Waals surface area contributed by atoms with Gasteiger partial charge < -0.3 is 5.32 Å². The van der Waals surface area contributed by atoms with E-state index in [0.717, 1.165) is 35.3 Å². The number of carbonyl (C=O) groups excluding carboxylic acids is 1. The molecule has 0 saturated heterocycles.